The van der Waals surface area contributed by atoms with E-state index in [0.29, 0.717) is 60.1 Å². The van der Waals surface area contributed by atoms with Crippen LogP contribution in [0.25, 0.3) is 32.9 Å². The second kappa shape index (κ2) is 11.3. The predicted octanol–water partition coefficient (Wildman–Crippen LogP) is 4.54. The first-order valence-corrected chi connectivity index (χ1v) is 15.1. The maximum atomic E-state index is 16.7. The van der Waals surface area contributed by atoms with Crippen LogP contribution in [-0.2, 0) is 11.2 Å². The predicted molar refractivity (Wildman–Crippen MR) is 159 cm³/mol. The summed E-state index contributed by atoms with van der Waals surface area (Å²) in [5, 5.41) is 22.3. The molecule has 3 saturated heterocycles. The van der Waals surface area contributed by atoms with Crippen molar-refractivity contribution in [3.63, 3.8) is 0 Å². The molecule has 0 unspecified atom stereocenters. The summed E-state index contributed by atoms with van der Waals surface area (Å²) in [6.45, 7) is 4.16. The Morgan fingerprint density at radius 1 is 1.16 bits per heavy atom. The molecule has 7 rings (SSSR count). The van der Waals surface area contributed by atoms with Crippen molar-refractivity contribution < 1.29 is 32.9 Å². The molecule has 0 bridgehead atoms. The molecule has 44 heavy (non-hydrogen) atoms. The fourth-order valence-electron chi connectivity index (χ4n) is 7.18. The van der Waals surface area contributed by atoms with Crippen molar-refractivity contribution in [2.24, 2.45) is 0 Å². The number of aromatic hydroxyl groups is 1. The maximum Gasteiger partial charge on any atom is 0.319 e. The highest BCUT2D eigenvalue weighted by molar-refractivity contribution is 6.01. The topological polar surface area (TPSA) is 104 Å². The van der Waals surface area contributed by atoms with Gasteiger partial charge < -0.3 is 24.6 Å². The molecular formula is C32H34F3N5O4. The Kier molecular flexibility index (Phi) is 7.46. The molecule has 9 nitrogen and oxygen atoms in total. The van der Waals surface area contributed by atoms with E-state index < -0.39 is 29.4 Å². The molecule has 5 heterocycles. The van der Waals surface area contributed by atoms with Crippen molar-refractivity contribution in [1.29, 1.82) is 0 Å². The fraction of sp³-hybridized carbons (Fsp3) is 0.469. The zero-order chi connectivity index (χ0) is 30.6. The third-order valence-corrected chi connectivity index (χ3v) is 9.18. The van der Waals surface area contributed by atoms with Gasteiger partial charge in [-0.15, -0.1) is 0 Å². The minimum Gasteiger partial charge on any atom is -0.508 e. The van der Waals surface area contributed by atoms with Gasteiger partial charge in [0.2, 0.25) is 0 Å². The Bertz CT molecular complexity index is 1740. The zero-order valence-corrected chi connectivity index (χ0v) is 24.4. The van der Waals surface area contributed by atoms with Gasteiger partial charge in [0.1, 0.15) is 41.4 Å². The Morgan fingerprint density at radius 3 is 2.86 bits per heavy atom. The number of fused-ring (bicyclic) bond motifs is 3. The van der Waals surface area contributed by atoms with Crippen molar-refractivity contribution >= 4 is 27.5 Å². The van der Waals surface area contributed by atoms with Crippen molar-refractivity contribution in [3.05, 3.63) is 47.7 Å². The normalized spacial score (nSPS) is 24.2. The summed E-state index contributed by atoms with van der Waals surface area (Å²) < 4.78 is 57.7. The first-order chi connectivity index (χ1) is 21.3. The second-order valence-electron chi connectivity index (χ2n) is 12.0. The number of nitrogens with zero attached hydrogens (tertiary/aromatic N) is 5. The number of aromatic nitrogens is 3. The molecule has 0 aliphatic carbocycles. The zero-order valence-electron chi connectivity index (χ0n) is 24.4. The summed E-state index contributed by atoms with van der Waals surface area (Å²) in [7, 11) is 0. The van der Waals surface area contributed by atoms with Crippen molar-refractivity contribution in [3.8, 4) is 23.0 Å². The van der Waals surface area contributed by atoms with Crippen LogP contribution in [0.5, 0.6) is 11.8 Å². The number of pyridine rings is 1. The largest absolute Gasteiger partial charge is 0.508 e. The van der Waals surface area contributed by atoms with Gasteiger partial charge in [0.05, 0.1) is 30.2 Å². The number of anilines is 1. The van der Waals surface area contributed by atoms with E-state index in [2.05, 4.69) is 19.9 Å². The van der Waals surface area contributed by atoms with Gasteiger partial charge in [-0.1, -0.05) is 13.0 Å². The molecule has 232 valence electrons. The molecule has 0 amide bonds. The van der Waals surface area contributed by atoms with Gasteiger partial charge in [0.15, 0.2) is 5.82 Å². The van der Waals surface area contributed by atoms with E-state index in [4.69, 9.17) is 9.47 Å². The van der Waals surface area contributed by atoms with Crippen LogP contribution in [0.3, 0.4) is 0 Å². The minimum atomic E-state index is -0.938. The van der Waals surface area contributed by atoms with Crippen molar-refractivity contribution in [2.75, 3.05) is 50.9 Å². The number of aliphatic hydroxyl groups excluding tert-OH is 1. The lowest BCUT2D eigenvalue weighted by Crippen LogP contribution is -2.43. The number of halogens is 3. The summed E-state index contributed by atoms with van der Waals surface area (Å²) in [4.78, 5) is 17.5. The Labute approximate surface area is 252 Å². The molecule has 12 heteroatoms. The Balaban J connectivity index is 1.38. The highest BCUT2D eigenvalue weighted by atomic mass is 19.1. The summed E-state index contributed by atoms with van der Waals surface area (Å²) in [5.41, 5.74) is -0.0280. The smallest absolute Gasteiger partial charge is 0.319 e. The van der Waals surface area contributed by atoms with Crippen molar-refractivity contribution in [1.82, 2.24) is 19.9 Å². The first-order valence-electron chi connectivity index (χ1n) is 15.1. The number of phenolic OH excluding ortho intramolecular Hbond substituents is 1. The van der Waals surface area contributed by atoms with Crippen LogP contribution < -0.4 is 9.64 Å². The summed E-state index contributed by atoms with van der Waals surface area (Å²) in [6, 6.07) is 5.68. The summed E-state index contributed by atoms with van der Waals surface area (Å²) >= 11 is 0. The lowest BCUT2D eigenvalue weighted by atomic mass is 9.94. The first kappa shape index (κ1) is 29.0. The van der Waals surface area contributed by atoms with E-state index in [0.717, 1.165) is 19.4 Å². The van der Waals surface area contributed by atoms with E-state index in [-0.39, 0.29) is 48.3 Å². The minimum absolute atomic E-state index is 0.0730. The van der Waals surface area contributed by atoms with Crippen LogP contribution in [0.15, 0.2) is 30.5 Å². The second-order valence-corrected chi connectivity index (χ2v) is 12.0. The highest BCUT2D eigenvalue weighted by Gasteiger charge is 2.49. The number of hydrogen-bond acceptors (Lipinski definition) is 9. The molecule has 2 aromatic carbocycles. The van der Waals surface area contributed by atoms with Gasteiger partial charge in [-0.25, -0.2) is 13.2 Å². The van der Waals surface area contributed by atoms with E-state index in [9.17, 15) is 19.0 Å². The average Bonchev–Trinajstić information content (AvgIpc) is 3.43. The third kappa shape index (κ3) is 4.98. The summed E-state index contributed by atoms with van der Waals surface area (Å²) in [5.74, 6) is -1.01. The number of benzene rings is 2. The van der Waals surface area contributed by atoms with Gasteiger partial charge in [-0.3, -0.25) is 9.88 Å². The molecule has 0 spiro atoms. The van der Waals surface area contributed by atoms with Gasteiger partial charge in [-0.05, 0) is 60.3 Å². The number of phenols is 1. The average molecular weight is 610 g/mol. The van der Waals surface area contributed by atoms with Crippen LogP contribution in [0.4, 0.5) is 19.0 Å². The number of ether oxygens (including phenoxy) is 2. The van der Waals surface area contributed by atoms with Crippen molar-refractivity contribution in [2.45, 2.75) is 50.4 Å². The number of β-amino-alcohol motifs (C(OH)–C–C–N with tert-alkyl or cyclic N) is 1. The number of hydrogen-bond donors (Lipinski definition) is 2. The molecule has 2 aromatic heterocycles. The van der Waals surface area contributed by atoms with Gasteiger partial charge in [0, 0.05) is 37.8 Å². The lowest BCUT2D eigenvalue weighted by Gasteiger charge is -2.31. The van der Waals surface area contributed by atoms with Crippen LogP contribution in [0.1, 0.15) is 31.7 Å². The lowest BCUT2D eigenvalue weighted by molar-refractivity contribution is 0.0597. The standard InChI is InChI=1S/C32H34F3N5O4/c1-2-22-25(34)5-4-18-10-20(41)11-23(26(18)22)28-27(35)29-24(13-36-28)30(39-8-9-43-16-21(42)15-39)38-31(37-29)44-17-32-6-3-7-40(32)14-19(33)12-32/h4-5,10-11,13,19,21,41-42H,2-3,6-9,12,14-17H2,1H3/t19-,21-,32+/m1/s1. The quantitative estimate of drug-likeness (QED) is 0.326. The van der Waals surface area contributed by atoms with E-state index in [1.165, 1.54) is 24.4 Å². The molecule has 3 atom stereocenters. The van der Waals surface area contributed by atoms with Gasteiger partial charge in [0.25, 0.3) is 0 Å². The van der Waals surface area contributed by atoms with Gasteiger partial charge in [-0.2, -0.15) is 9.97 Å². The van der Waals surface area contributed by atoms with E-state index in [1.807, 2.05) is 6.92 Å². The number of alkyl halides is 1. The van der Waals surface area contributed by atoms with E-state index >= 15 is 4.39 Å². The Morgan fingerprint density at radius 2 is 2.02 bits per heavy atom. The monoisotopic (exact) mass is 609 g/mol. The highest BCUT2D eigenvalue weighted by Crippen LogP contribution is 2.42. The summed E-state index contributed by atoms with van der Waals surface area (Å²) in [6.07, 6.45) is 2.14. The van der Waals surface area contributed by atoms with E-state index in [1.54, 1.807) is 11.0 Å². The Hall–Kier alpha value is -3.74. The molecule has 0 saturated carbocycles. The van der Waals surface area contributed by atoms with Crippen LogP contribution >= 0.6 is 0 Å². The molecule has 3 aliphatic heterocycles. The molecular weight excluding hydrogens is 575 g/mol. The third-order valence-electron chi connectivity index (χ3n) is 9.18. The van der Waals surface area contributed by atoms with Crippen LogP contribution in [-0.4, -0.2) is 93.9 Å². The number of rotatable bonds is 6. The van der Waals surface area contributed by atoms with Crippen LogP contribution in [0.2, 0.25) is 0 Å². The maximum absolute atomic E-state index is 16.7. The fourth-order valence-corrected chi connectivity index (χ4v) is 7.18. The molecule has 0 radical (unpaired) electrons. The number of aliphatic hydroxyl groups is 1. The molecule has 3 fully saturated rings. The number of aryl methyl sites for hydroxylation is 1. The van der Waals surface area contributed by atoms with Crippen LogP contribution in [0, 0.1) is 11.6 Å². The van der Waals surface area contributed by atoms with Gasteiger partial charge >= 0.3 is 6.01 Å². The molecule has 3 aliphatic rings. The molecule has 4 aromatic rings. The SMILES string of the molecule is CCc1c(F)ccc2cc(O)cc(-c3ncc4c(N5CCOC[C@H](O)C5)nc(OC[C@@]56CCCN5C[C@H](F)C6)nc4c3F)c12. The molecule has 2 N–H and O–H groups in total.